The van der Waals surface area contributed by atoms with Gasteiger partial charge in [0.2, 0.25) is 5.91 Å². The van der Waals surface area contributed by atoms with Gasteiger partial charge >= 0.3 is 0 Å². The first-order valence-electron chi connectivity index (χ1n) is 7.43. The van der Waals surface area contributed by atoms with Gasteiger partial charge in [0.05, 0.1) is 5.56 Å². The summed E-state index contributed by atoms with van der Waals surface area (Å²) in [6.07, 6.45) is 0.803. The van der Waals surface area contributed by atoms with Gasteiger partial charge in [-0.2, -0.15) is 0 Å². The van der Waals surface area contributed by atoms with Crippen LogP contribution in [-0.4, -0.2) is 47.8 Å². The van der Waals surface area contributed by atoms with Crippen LogP contribution >= 0.6 is 12.4 Å². The molecule has 0 aliphatic carbocycles. The summed E-state index contributed by atoms with van der Waals surface area (Å²) in [7, 11) is 0. The van der Waals surface area contributed by atoms with Gasteiger partial charge in [0, 0.05) is 37.8 Å². The van der Waals surface area contributed by atoms with Crippen molar-refractivity contribution in [1.82, 2.24) is 9.80 Å². The van der Waals surface area contributed by atoms with E-state index in [9.17, 15) is 9.59 Å². The molecule has 0 atom stereocenters. The third-order valence-corrected chi connectivity index (χ3v) is 3.78. The third-order valence-electron chi connectivity index (χ3n) is 3.78. The maximum atomic E-state index is 12.5. The number of hydrogen-bond acceptors (Lipinski definition) is 3. The van der Waals surface area contributed by atoms with Gasteiger partial charge in [-0.1, -0.05) is 26.0 Å². The fourth-order valence-corrected chi connectivity index (χ4v) is 2.57. The van der Waals surface area contributed by atoms with E-state index in [1.165, 1.54) is 0 Å². The maximum Gasteiger partial charge on any atom is 0.256 e. The average Bonchev–Trinajstić information content (AvgIpc) is 2.72. The highest BCUT2D eigenvalue weighted by molar-refractivity contribution is 5.99. The number of carbonyl (C=O) groups is 2. The van der Waals surface area contributed by atoms with E-state index in [-0.39, 0.29) is 30.1 Å². The number of nitrogen functional groups attached to an aromatic ring is 1. The smallest absolute Gasteiger partial charge is 0.256 e. The molecule has 0 radical (unpaired) electrons. The van der Waals surface area contributed by atoms with E-state index >= 15 is 0 Å². The lowest BCUT2D eigenvalue weighted by atomic mass is 10.1. The number of hydrogen-bond donors (Lipinski definition) is 1. The van der Waals surface area contributed by atoms with Crippen LogP contribution < -0.4 is 5.73 Å². The monoisotopic (exact) mass is 325 g/mol. The lowest BCUT2D eigenvalue weighted by Gasteiger charge is -2.23. The Labute approximate surface area is 137 Å². The number of halogens is 1. The summed E-state index contributed by atoms with van der Waals surface area (Å²) >= 11 is 0. The molecule has 1 aromatic carbocycles. The lowest BCUT2D eigenvalue weighted by Crippen LogP contribution is -2.39. The molecular weight excluding hydrogens is 302 g/mol. The van der Waals surface area contributed by atoms with Crippen LogP contribution in [0.3, 0.4) is 0 Å². The van der Waals surface area contributed by atoms with E-state index < -0.39 is 0 Å². The topological polar surface area (TPSA) is 66.6 Å². The quantitative estimate of drug-likeness (QED) is 0.846. The summed E-state index contributed by atoms with van der Waals surface area (Å²) in [5.41, 5.74) is 6.91. The Morgan fingerprint density at radius 1 is 1.05 bits per heavy atom. The third kappa shape index (κ3) is 4.13. The number of benzene rings is 1. The van der Waals surface area contributed by atoms with E-state index in [0.29, 0.717) is 37.4 Å². The van der Waals surface area contributed by atoms with Crippen LogP contribution in [0, 0.1) is 5.92 Å². The molecule has 1 aromatic rings. The van der Waals surface area contributed by atoms with E-state index in [4.69, 9.17) is 5.73 Å². The van der Waals surface area contributed by atoms with Crippen molar-refractivity contribution >= 4 is 29.9 Å². The highest BCUT2D eigenvalue weighted by Crippen LogP contribution is 2.15. The second kappa shape index (κ2) is 8.03. The van der Waals surface area contributed by atoms with Crippen molar-refractivity contribution in [2.45, 2.75) is 20.3 Å². The molecule has 1 heterocycles. The molecule has 0 unspecified atom stereocenters. The molecule has 0 spiro atoms. The summed E-state index contributed by atoms with van der Waals surface area (Å²) in [5, 5.41) is 0. The highest BCUT2D eigenvalue weighted by Gasteiger charge is 2.24. The number of amides is 2. The molecule has 0 aromatic heterocycles. The Hall–Kier alpha value is -1.75. The minimum Gasteiger partial charge on any atom is -0.398 e. The average molecular weight is 326 g/mol. The predicted molar refractivity (Wildman–Crippen MR) is 90.0 cm³/mol. The zero-order valence-corrected chi connectivity index (χ0v) is 13.9. The molecule has 1 saturated heterocycles. The fourth-order valence-electron chi connectivity index (χ4n) is 2.57. The Kier molecular flexibility index (Phi) is 6.68. The Morgan fingerprint density at radius 2 is 1.64 bits per heavy atom. The van der Waals surface area contributed by atoms with Crippen LogP contribution in [0.4, 0.5) is 5.69 Å². The van der Waals surface area contributed by atoms with Crippen molar-refractivity contribution in [3.05, 3.63) is 29.8 Å². The zero-order valence-electron chi connectivity index (χ0n) is 13.1. The molecule has 5 nitrogen and oxygen atoms in total. The summed E-state index contributed by atoms with van der Waals surface area (Å²) < 4.78 is 0. The second-order valence-corrected chi connectivity index (χ2v) is 5.71. The van der Waals surface area contributed by atoms with E-state index in [2.05, 4.69) is 0 Å². The zero-order chi connectivity index (χ0) is 15.4. The van der Waals surface area contributed by atoms with E-state index in [0.717, 1.165) is 6.42 Å². The first-order chi connectivity index (χ1) is 10.0. The maximum absolute atomic E-state index is 12.5. The highest BCUT2D eigenvalue weighted by atomic mass is 35.5. The Bertz CT molecular complexity index is 534. The minimum atomic E-state index is -0.0491. The van der Waals surface area contributed by atoms with Gasteiger partial charge in [0.1, 0.15) is 0 Å². The van der Waals surface area contributed by atoms with Gasteiger partial charge in [-0.3, -0.25) is 9.59 Å². The standard InChI is InChI=1S/C16H23N3O2.ClH/c1-12(2)15(20)18-8-5-9-19(11-10-18)16(21)13-6-3-4-7-14(13)17;/h3-4,6-7,12H,5,8-11,17H2,1-2H3;1H. The molecule has 6 heteroatoms. The number of nitrogens with two attached hydrogens (primary N) is 1. The van der Waals surface area contributed by atoms with Gasteiger partial charge < -0.3 is 15.5 Å². The van der Waals surface area contributed by atoms with Gasteiger partial charge in [0.15, 0.2) is 0 Å². The number of para-hydroxylation sites is 1. The first kappa shape index (κ1) is 18.3. The molecule has 2 N–H and O–H groups in total. The van der Waals surface area contributed by atoms with Crippen molar-refractivity contribution < 1.29 is 9.59 Å². The molecule has 2 rings (SSSR count). The van der Waals surface area contributed by atoms with Crippen molar-refractivity contribution in [3.8, 4) is 0 Å². The Balaban J connectivity index is 0.00000242. The molecule has 1 aliphatic heterocycles. The molecule has 1 fully saturated rings. The summed E-state index contributed by atoms with van der Waals surface area (Å²) in [6, 6.07) is 7.12. The van der Waals surface area contributed by atoms with Crippen molar-refractivity contribution in [3.63, 3.8) is 0 Å². The predicted octanol–water partition coefficient (Wildman–Crippen LogP) is 2.02. The van der Waals surface area contributed by atoms with Crippen molar-refractivity contribution in [2.75, 3.05) is 31.9 Å². The van der Waals surface area contributed by atoms with E-state index in [1.54, 1.807) is 17.0 Å². The van der Waals surface area contributed by atoms with Crippen LogP contribution in [0.2, 0.25) is 0 Å². The summed E-state index contributed by atoms with van der Waals surface area (Å²) in [6.45, 7) is 6.34. The van der Waals surface area contributed by atoms with Crippen LogP contribution in [0.15, 0.2) is 24.3 Å². The molecule has 2 amide bonds. The summed E-state index contributed by atoms with van der Waals surface area (Å²) in [5.74, 6) is 0.104. The van der Waals surface area contributed by atoms with Gasteiger partial charge in [-0.25, -0.2) is 0 Å². The van der Waals surface area contributed by atoms with Gasteiger partial charge in [-0.15, -0.1) is 12.4 Å². The number of anilines is 1. The molecule has 22 heavy (non-hydrogen) atoms. The van der Waals surface area contributed by atoms with Crippen LogP contribution in [-0.2, 0) is 4.79 Å². The van der Waals surface area contributed by atoms with Crippen LogP contribution in [0.1, 0.15) is 30.6 Å². The lowest BCUT2D eigenvalue weighted by molar-refractivity contribution is -0.134. The molecule has 1 aliphatic rings. The fraction of sp³-hybridized carbons (Fsp3) is 0.500. The molecular formula is C16H24ClN3O2. The minimum absolute atomic E-state index is 0. The SMILES string of the molecule is CC(C)C(=O)N1CCCN(C(=O)c2ccccc2N)CC1.Cl. The normalized spacial score (nSPS) is 15.2. The van der Waals surface area contributed by atoms with Crippen molar-refractivity contribution in [1.29, 1.82) is 0 Å². The molecule has 122 valence electrons. The van der Waals surface area contributed by atoms with Gasteiger partial charge in [-0.05, 0) is 18.6 Å². The van der Waals surface area contributed by atoms with E-state index in [1.807, 2.05) is 30.9 Å². The second-order valence-electron chi connectivity index (χ2n) is 5.71. The van der Waals surface area contributed by atoms with Crippen LogP contribution in [0.25, 0.3) is 0 Å². The molecule has 0 saturated carbocycles. The first-order valence-corrected chi connectivity index (χ1v) is 7.43. The number of carbonyl (C=O) groups excluding carboxylic acids is 2. The largest absolute Gasteiger partial charge is 0.398 e. The van der Waals surface area contributed by atoms with Crippen molar-refractivity contribution in [2.24, 2.45) is 5.92 Å². The Morgan fingerprint density at radius 3 is 2.27 bits per heavy atom. The number of rotatable bonds is 2. The van der Waals surface area contributed by atoms with Crippen LogP contribution in [0.5, 0.6) is 0 Å². The number of nitrogens with zero attached hydrogens (tertiary/aromatic N) is 2. The van der Waals surface area contributed by atoms with Gasteiger partial charge in [0.25, 0.3) is 5.91 Å². The molecule has 0 bridgehead atoms. The summed E-state index contributed by atoms with van der Waals surface area (Å²) in [4.78, 5) is 28.2.